The monoisotopic (exact) mass is 334 g/mol. The summed E-state index contributed by atoms with van der Waals surface area (Å²) < 4.78 is 10.5. The molecule has 0 aliphatic rings. The number of benzene rings is 1. The molecule has 0 saturated heterocycles. The molecule has 0 aliphatic heterocycles. The normalized spacial score (nSPS) is 11.3. The second kappa shape index (κ2) is 12.3. The van der Waals surface area contributed by atoms with Crippen molar-refractivity contribution in [3.63, 3.8) is 0 Å². The van der Waals surface area contributed by atoms with Crippen molar-refractivity contribution in [2.75, 3.05) is 13.2 Å². The van der Waals surface area contributed by atoms with Crippen molar-refractivity contribution in [3.05, 3.63) is 47.5 Å². The van der Waals surface area contributed by atoms with Crippen LogP contribution < -0.4 is 0 Å². The summed E-state index contributed by atoms with van der Waals surface area (Å²) >= 11 is 0. The highest BCUT2D eigenvalue weighted by Crippen LogP contribution is 2.14. The Balaban J connectivity index is 2.27. The number of rotatable bonds is 12. The molecule has 0 radical (unpaired) electrons. The van der Waals surface area contributed by atoms with Gasteiger partial charge in [-0.2, -0.15) is 0 Å². The van der Waals surface area contributed by atoms with Gasteiger partial charge in [-0.3, -0.25) is 4.79 Å². The van der Waals surface area contributed by atoms with Crippen molar-refractivity contribution in [1.29, 1.82) is 0 Å². The molecule has 1 rings (SSSR count). The molecule has 1 aromatic rings. The van der Waals surface area contributed by atoms with Crippen LogP contribution in [0.2, 0.25) is 0 Å². The second-order valence-electron chi connectivity index (χ2n) is 5.44. The quantitative estimate of drug-likeness (QED) is 0.358. The number of esters is 1. The van der Waals surface area contributed by atoms with E-state index in [1.54, 1.807) is 6.92 Å². The van der Waals surface area contributed by atoms with E-state index in [4.69, 9.17) is 14.6 Å². The molecule has 0 saturated carbocycles. The minimum Gasteiger partial charge on any atom is -0.478 e. The Labute approximate surface area is 143 Å². The molecule has 0 aromatic heterocycles. The zero-order valence-corrected chi connectivity index (χ0v) is 14.2. The maximum Gasteiger partial charge on any atom is 0.328 e. The number of hydrogen-bond acceptors (Lipinski definition) is 4. The number of unbranched alkanes of at least 4 members (excludes halogenated alkanes) is 1. The van der Waals surface area contributed by atoms with E-state index in [1.165, 1.54) is 6.08 Å². The minimum absolute atomic E-state index is 0.201. The van der Waals surface area contributed by atoms with Crippen molar-refractivity contribution >= 4 is 11.9 Å². The number of carboxylic acids is 1. The van der Waals surface area contributed by atoms with Crippen LogP contribution in [0, 0.1) is 0 Å². The number of ether oxygens (including phenoxy) is 2. The Morgan fingerprint density at radius 1 is 1.08 bits per heavy atom. The van der Waals surface area contributed by atoms with Crippen LogP contribution in [0.1, 0.15) is 44.6 Å². The SMILES string of the molecule is CCOC(=O)CCCC/C(=C\C(=O)O)CCOCc1ccccc1. The molecule has 0 heterocycles. The van der Waals surface area contributed by atoms with E-state index in [2.05, 4.69) is 0 Å². The average molecular weight is 334 g/mol. The van der Waals surface area contributed by atoms with Gasteiger partial charge in [0.05, 0.1) is 19.8 Å². The summed E-state index contributed by atoms with van der Waals surface area (Å²) in [6.07, 6.45) is 4.31. The first-order chi connectivity index (χ1) is 11.6. The Morgan fingerprint density at radius 2 is 1.79 bits per heavy atom. The Bertz CT molecular complexity index is 522. The van der Waals surface area contributed by atoms with Crippen LogP contribution in [0.4, 0.5) is 0 Å². The van der Waals surface area contributed by atoms with E-state index < -0.39 is 5.97 Å². The molecule has 1 aromatic carbocycles. The zero-order valence-electron chi connectivity index (χ0n) is 14.2. The summed E-state index contributed by atoms with van der Waals surface area (Å²) in [5, 5.41) is 8.94. The molecule has 1 N–H and O–H groups in total. The third-order valence-corrected chi connectivity index (χ3v) is 3.44. The van der Waals surface area contributed by atoms with Crippen LogP contribution in [0.15, 0.2) is 42.0 Å². The van der Waals surface area contributed by atoms with E-state index in [0.29, 0.717) is 45.5 Å². The lowest BCUT2D eigenvalue weighted by Crippen LogP contribution is -2.04. The molecule has 132 valence electrons. The standard InChI is InChI=1S/C19H26O5/c1-2-24-19(22)11-7-6-8-16(14-18(20)21)12-13-23-15-17-9-4-3-5-10-17/h3-5,9-10,14H,2,6-8,11-13,15H2,1H3,(H,20,21)/b16-14+. The molecule has 0 bridgehead atoms. The maximum absolute atomic E-state index is 11.3. The van der Waals surface area contributed by atoms with Gasteiger partial charge in [0.15, 0.2) is 0 Å². The number of aliphatic carboxylic acids is 1. The molecule has 0 amide bonds. The van der Waals surface area contributed by atoms with Crippen LogP contribution in [-0.4, -0.2) is 30.3 Å². The van der Waals surface area contributed by atoms with Gasteiger partial charge in [-0.1, -0.05) is 35.9 Å². The zero-order chi connectivity index (χ0) is 17.6. The highest BCUT2D eigenvalue weighted by atomic mass is 16.5. The van der Waals surface area contributed by atoms with E-state index >= 15 is 0 Å². The van der Waals surface area contributed by atoms with Crippen LogP contribution in [0.25, 0.3) is 0 Å². The predicted octanol–water partition coefficient (Wildman–Crippen LogP) is 3.73. The van der Waals surface area contributed by atoms with Gasteiger partial charge in [0.2, 0.25) is 0 Å². The highest BCUT2D eigenvalue weighted by Gasteiger charge is 2.05. The second-order valence-corrected chi connectivity index (χ2v) is 5.44. The number of carbonyl (C=O) groups excluding carboxylic acids is 1. The Kier molecular flexibility index (Phi) is 10.2. The lowest BCUT2D eigenvalue weighted by Gasteiger charge is -2.08. The summed E-state index contributed by atoms with van der Waals surface area (Å²) in [5.74, 6) is -1.15. The van der Waals surface area contributed by atoms with Crippen LogP contribution in [-0.2, 0) is 25.7 Å². The van der Waals surface area contributed by atoms with Gasteiger partial charge < -0.3 is 14.6 Å². The smallest absolute Gasteiger partial charge is 0.328 e. The van der Waals surface area contributed by atoms with E-state index in [0.717, 1.165) is 17.6 Å². The fourth-order valence-corrected chi connectivity index (χ4v) is 2.27. The largest absolute Gasteiger partial charge is 0.478 e. The molecule has 24 heavy (non-hydrogen) atoms. The number of carboxylic acid groups (broad SMARTS) is 1. The summed E-state index contributed by atoms with van der Waals surface area (Å²) in [6, 6.07) is 9.84. The van der Waals surface area contributed by atoms with Crippen LogP contribution in [0.3, 0.4) is 0 Å². The minimum atomic E-state index is -0.946. The van der Waals surface area contributed by atoms with Crippen molar-refractivity contribution in [2.45, 2.75) is 45.6 Å². The Morgan fingerprint density at radius 3 is 2.46 bits per heavy atom. The summed E-state index contributed by atoms with van der Waals surface area (Å²) in [7, 11) is 0. The first-order valence-corrected chi connectivity index (χ1v) is 8.31. The van der Waals surface area contributed by atoms with Crippen molar-refractivity contribution in [2.24, 2.45) is 0 Å². The van der Waals surface area contributed by atoms with Crippen LogP contribution in [0.5, 0.6) is 0 Å². The third-order valence-electron chi connectivity index (χ3n) is 3.44. The lowest BCUT2D eigenvalue weighted by molar-refractivity contribution is -0.143. The number of hydrogen-bond donors (Lipinski definition) is 1. The first-order valence-electron chi connectivity index (χ1n) is 8.31. The third kappa shape index (κ3) is 9.79. The van der Waals surface area contributed by atoms with Gasteiger partial charge >= 0.3 is 11.9 Å². The van der Waals surface area contributed by atoms with E-state index in [-0.39, 0.29) is 5.97 Å². The van der Waals surface area contributed by atoms with Gasteiger partial charge in [-0.25, -0.2) is 4.79 Å². The van der Waals surface area contributed by atoms with Gasteiger partial charge in [0.25, 0.3) is 0 Å². The van der Waals surface area contributed by atoms with Crippen molar-refractivity contribution in [1.82, 2.24) is 0 Å². The van der Waals surface area contributed by atoms with Crippen LogP contribution >= 0.6 is 0 Å². The fraction of sp³-hybridized carbons (Fsp3) is 0.474. The molecule has 0 fully saturated rings. The molecule has 0 aliphatic carbocycles. The van der Waals surface area contributed by atoms with Crippen molar-refractivity contribution < 1.29 is 24.2 Å². The molecular formula is C19H26O5. The van der Waals surface area contributed by atoms with Gasteiger partial charge in [-0.05, 0) is 38.2 Å². The number of carbonyl (C=O) groups is 2. The Hall–Kier alpha value is -2.14. The average Bonchev–Trinajstić information content (AvgIpc) is 2.56. The highest BCUT2D eigenvalue weighted by molar-refractivity contribution is 5.80. The topological polar surface area (TPSA) is 72.8 Å². The van der Waals surface area contributed by atoms with Gasteiger partial charge in [0.1, 0.15) is 0 Å². The first kappa shape index (κ1) is 19.9. The molecule has 5 nitrogen and oxygen atoms in total. The summed E-state index contributed by atoms with van der Waals surface area (Å²) in [4.78, 5) is 22.2. The maximum atomic E-state index is 11.3. The summed E-state index contributed by atoms with van der Waals surface area (Å²) in [5.41, 5.74) is 1.93. The predicted molar refractivity (Wildman–Crippen MR) is 91.5 cm³/mol. The lowest BCUT2D eigenvalue weighted by atomic mass is 10.0. The molecule has 0 atom stereocenters. The molecule has 5 heteroatoms. The molecular weight excluding hydrogens is 308 g/mol. The molecule has 0 spiro atoms. The van der Waals surface area contributed by atoms with Gasteiger partial charge in [0, 0.05) is 12.5 Å². The van der Waals surface area contributed by atoms with Crippen molar-refractivity contribution in [3.8, 4) is 0 Å². The molecule has 0 unspecified atom stereocenters. The van der Waals surface area contributed by atoms with E-state index in [9.17, 15) is 9.59 Å². The fourth-order valence-electron chi connectivity index (χ4n) is 2.27. The van der Waals surface area contributed by atoms with Gasteiger partial charge in [-0.15, -0.1) is 0 Å². The van der Waals surface area contributed by atoms with E-state index in [1.807, 2.05) is 30.3 Å². The summed E-state index contributed by atoms with van der Waals surface area (Å²) in [6.45, 7) is 3.17.